The molecule has 3 fully saturated rings. The molecule has 0 atom stereocenters. The summed E-state index contributed by atoms with van der Waals surface area (Å²) < 4.78 is 12.2. The predicted molar refractivity (Wildman–Crippen MR) is 118 cm³/mol. The van der Waals surface area contributed by atoms with Gasteiger partial charge in [-0.2, -0.15) is 9.50 Å². The van der Waals surface area contributed by atoms with Crippen molar-refractivity contribution >= 4 is 23.5 Å². The van der Waals surface area contributed by atoms with Crippen LogP contribution in [0.25, 0.3) is 5.78 Å². The summed E-state index contributed by atoms with van der Waals surface area (Å²) in [4.78, 5) is 39.5. The molecule has 0 aliphatic carbocycles. The summed E-state index contributed by atoms with van der Waals surface area (Å²) in [6, 6.07) is 0. The Morgan fingerprint density at radius 3 is 2.41 bits per heavy atom. The quantitative estimate of drug-likeness (QED) is 0.742. The topological polar surface area (TPSA) is 108 Å². The van der Waals surface area contributed by atoms with Crippen LogP contribution in [0.4, 0.5) is 16.4 Å². The average Bonchev–Trinajstić information content (AvgIpc) is 3.08. The van der Waals surface area contributed by atoms with Gasteiger partial charge in [-0.3, -0.25) is 4.79 Å². The Kier molecular flexibility index (Phi) is 4.84. The van der Waals surface area contributed by atoms with Crippen molar-refractivity contribution in [2.24, 2.45) is 5.41 Å². The summed E-state index contributed by atoms with van der Waals surface area (Å²) in [6.45, 7) is 13.0. The van der Waals surface area contributed by atoms with Gasteiger partial charge in [0.1, 0.15) is 11.3 Å². The highest BCUT2D eigenvalue weighted by atomic mass is 16.6. The summed E-state index contributed by atoms with van der Waals surface area (Å²) in [5, 5.41) is 4.51. The number of anilines is 2. The number of amides is 1. The highest BCUT2D eigenvalue weighted by Gasteiger charge is 2.50. The van der Waals surface area contributed by atoms with Crippen molar-refractivity contribution in [2.45, 2.75) is 39.7 Å². The maximum Gasteiger partial charge on any atom is 0.410 e. The van der Waals surface area contributed by atoms with Crippen LogP contribution in [-0.4, -0.2) is 88.7 Å². The van der Waals surface area contributed by atoms with Crippen LogP contribution in [0.15, 0.2) is 4.79 Å². The van der Waals surface area contributed by atoms with Crippen molar-refractivity contribution < 1.29 is 14.3 Å². The minimum absolute atomic E-state index is 0.178. The van der Waals surface area contributed by atoms with Crippen LogP contribution in [-0.2, 0) is 15.9 Å². The van der Waals surface area contributed by atoms with E-state index in [0.29, 0.717) is 50.0 Å². The monoisotopic (exact) mass is 445 g/mol. The van der Waals surface area contributed by atoms with E-state index in [2.05, 4.69) is 20.0 Å². The number of H-pyrrole nitrogens is 1. The van der Waals surface area contributed by atoms with E-state index < -0.39 is 5.60 Å². The van der Waals surface area contributed by atoms with Crippen molar-refractivity contribution in [3.05, 3.63) is 16.0 Å². The lowest BCUT2D eigenvalue weighted by atomic mass is 9.78. The van der Waals surface area contributed by atoms with E-state index in [4.69, 9.17) is 9.47 Å². The van der Waals surface area contributed by atoms with Gasteiger partial charge in [0.25, 0.3) is 5.56 Å². The standard InChI is InChI=1S/C21H31N7O4/c1-5-14-15(25-6-8-26(9-7-25)19(30)32-20(2,3)4)16(29)28-17(22-14)23-18(24-28)27-10-21(11-27)12-31-13-21/h5-13H2,1-4H3,(H,22,23,24). The number of fused-ring (bicyclic) bond motifs is 1. The fourth-order valence-electron chi connectivity index (χ4n) is 4.58. The number of nitrogens with zero attached hydrogens (tertiary/aromatic N) is 6. The lowest BCUT2D eigenvalue weighted by Crippen LogP contribution is -2.66. The average molecular weight is 446 g/mol. The minimum atomic E-state index is -0.529. The van der Waals surface area contributed by atoms with Crippen molar-refractivity contribution in [2.75, 3.05) is 62.3 Å². The van der Waals surface area contributed by atoms with Crippen LogP contribution < -0.4 is 15.4 Å². The van der Waals surface area contributed by atoms with E-state index in [1.54, 1.807) is 4.90 Å². The van der Waals surface area contributed by atoms with Gasteiger partial charge in [-0.25, -0.2) is 4.79 Å². The maximum atomic E-state index is 13.4. The van der Waals surface area contributed by atoms with Crippen LogP contribution in [0.2, 0.25) is 0 Å². The summed E-state index contributed by atoms with van der Waals surface area (Å²) >= 11 is 0. The van der Waals surface area contributed by atoms with Crippen molar-refractivity contribution in [3.8, 4) is 0 Å². The van der Waals surface area contributed by atoms with Gasteiger partial charge in [-0.15, -0.1) is 5.10 Å². The Balaban J connectivity index is 1.35. The third kappa shape index (κ3) is 3.58. The lowest BCUT2D eigenvalue weighted by Gasteiger charge is -2.54. The Morgan fingerprint density at radius 1 is 1.16 bits per heavy atom. The summed E-state index contributed by atoms with van der Waals surface area (Å²) in [6.07, 6.45) is 0.349. The highest BCUT2D eigenvalue weighted by molar-refractivity contribution is 5.68. The van der Waals surface area contributed by atoms with Crippen molar-refractivity contribution in [3.63, 3.8) is 0 Å². The first-order valence-electron chi connectivity index (χ1n) is 11.3. The van der Waals surface area contributed by atoms with Gasteiger partial charge < -0.3 is 29.2 Å². The van der Waals surface area contributed by atoms with Crippen LogP contribution in [0.3, 0.4) is 0 Å². The molecule has 0 unspecified atom stereocenters. The molecule has 5 rings (SSSR count). The largest absolute Gasteiger partial charge is 0.444 e. The number of carbonyl (C=O) groups is 1. The molecular weight excluding hydrogens is 414 g/mol. The predicted octanol–water partition coefficient (Wildman–Crippen LogP) is 0.874. The molecule has 0 saturated carbocycles. The number of aryl methyl sites for hydroxylation is 1. The molecule has 3 aliphatic rings. The molecular formula is C21H31N7O4. The number of nitrogens with one attached hydrogen (secondary N) is 1. The summed E-state index contributed by atoms with van der Waals surface area (Å²) in [5.74, 6) is 1.04. The molecule has 11 nitrogen and oxygen atoms in total. The van der Waals surface area contributed by atoms with E-state index in [9.17, 15) is 9.59 Å². The Hall–Kier alpha value is -2.82. The second-order valence-electron chi connectivity index (χ2n) is 10.1. The van der Waals surface area contributed by atoms with Gasteiger partial charge in [0, 0.05) is 45.0 Å². The highest BCUT2D eigenvalue weighted by Crippen LogP contribution is 2.39. The van der Waals surface area contributed by atoms with E-state index in [1.807, 2.05) is 32.6 Å². The molecule has 0 radical (unpaired) electrons. The van der Waals surface area contributed by atoms with Crippen molar-refractivity contribution in [1.29, 1.82) is 0 Å². The zero-order valence-corrected chi connectivity index (χ0v) is 19.2. The van der Waals surface area contributed by atoms with Crippen molar-refractivity contribution in [1.82, 2.24) is 24.5 Å². The Morgan fingerprint density at radius 2 is 1.84 bits per heavy atom. The summed E-state index contributed by atoms with van der Waals surface area (Å²) in [7, 11) is 0. The third-order valence-electron chi connectivity index (χ3n) is 6.29. The molecule has 1 amide bonds. The SMILES string of the molecule is CCc1[nH]c2nc(N3CC4(COC4)C3)nn2c(=O)c1N1CCN(C(=O)OC(C)(C)C)CC1. The molecule has 1 N–H and O–H groups in total. The molecule has 2 aromatic heterocycles. The van der Waals surface area contributed by atoms with Gasteiger partial charge in [-0.1, -0.05) is 6.92 Å². The van der Waals surface area contributed by atoms with Gasteiger partial charge in [0.2, 0.25) is 11.7 Å². The normalized spacial score (nSPS) is 20.4. The van der Waals surface area contributed by atoms with E-state index in [1.165, 1.54) is 4.52 Å². The first-order valence-corrected chi connectivity index (χ1v) is 11.3. The lowest BCUT2D eigenvalue weighted by molar-refractivity contribution is -0.127. The molecule has 11 heteroatoms. The molecule has 174 valence electrons. The van der Waals surface area contributed by atoms with E-state index in [-0.39, 0.29) is 17.1 Å². The Bertz CT molecular complexity index is 1080. The first kappa shape index (κ1) is 21.0. The number of rotatable bonds is 3. The zero-order valence-electron chi connectivity index (χ0n) is 19.2. The molecule has 3 aliphatic heterocycles. The number of hydrogen-bond donors (Lipinski definition) is 1. The van der Waals surface area contributed by atoms with Gasteiger partial charge in [0.15, 0.2) is 0 Å². The first-order chi connectivity index (χ1) is 15.2. The van der Waals surface area contributed by atoms with Crippen LogP contribution in [0, 0.1) is 5.41 Å². The molecule has 1 spiro atoms. The maximum absolute atomic E-state index is 13.4. The number of piperazine rings is 1. The molecule has 2 aromatic rings. The smallest absolute Gasteiger partial charge is 0.410 e. The summed E-state index contributed by atoms with van der Waals surface area (Å²) in [5.41, 5.74) is 0.975. The Labute approximate surface area is 186 Å². The minimum Gasteiger partial charge on any atom is -0.444 e. The number of hydrogen-bond acceptors (Lipinski definition) is 8. The second kappa shape index (κ2) is 7.36. The van der Waals surface area contributed by atoms with E-state index >= 15 is 0 Å². The molecule has 5 heterocycles. The third-order valence-corrected chi connectivity index (χ3v) is 6.29. The number of aromatic nitrogens is 4. The number of ether oxygens (including phenoxy) is 2. The van der Waals surface area contributed by atoms with Crippen LogP contribution in [0.5, 0.6) is 0 Å². The molecule has 32 heavy (non-hydrogen) atoms. The number of carbonyl (C=O) groups excluding carboxylic acids is 1. The fourth-order valence-corrected chi connectivity index (χ4v) is 4.58. The fraction of sp³-hybridized carbons (Fsp3) is 0.714. The zero-order chi connectivity index (χ0) is 22.7. The van der Waals surface area contributed by atoms with E-state index in [0.717, 1.165) is 32.0 Å². The second-order valence-corrected chi connectivity index (χ2v) is 10.1. The van der Waals surface area contributed by atoms with Gasteiger partial charge in [-0.05, 0) is 27.2 Å². The van der Waals surface area contributed by atoms with Gasteiger partial charge >= 0.3 is 6.09 Å². The molecule has 3 saturated heterocycles. The van der Waals surface area contributed by atoms with Crippen LogP contribution in [0.1, 0.15) is 33.4 Å². The van der Waals surface area contributed by atoms with Crippen LogP contribution >= 0.6 is 0 Å². The molecule has 0 bridgehead atoms. The number of aromatic amines is 1. The molecule has 0 aromatic carbocycles. The van der Waals surface area contributed by atoms with Gasteiger partial charge in [0.05, 0.1) is 18.6 Å².